The number of amides is 1. The molecular formula is C12H11ClN2O2S. The molecule has 4 nitrogen and oxygen atoms in total. The Bertz CT molecular complexity index is 511. The van der Waals surface area contributed by atoms with Crippen LogP contribution in [0.25, 0.3) is 6.08 Å². The average molecular weight is 283 g/mol. The molecule has 2 rings (SSSR count). The Kier molecular flexibility index (Phi) is 4.41. The number of nitrogens with zero attached hydrogens (tertiary/aromatic N) is 1. The monoisotopic (exact) mass is 282 g/mol. The van der Waals surface area contributed by atoms with E-state index in [9.17, 15) is 4.79 Å². The normalized spacial score (nSPS) is 19.6. The third-order valence-electron chi connectivity index (χ3n) is 2.17. The predicted molar refractivity (Wildman–Crippen MR) is 74.6 cm³/mol. The molecule has 2 N–H and O–H groups in total. The third-order valence-corrected chi connectivity index (χ3v) is 3.37. The van der Waals surface area contributed by atoms with Crippen molar-refractivity contribution in [1.29, 1.82) is 0 Å². The molecule has 1 aliphatic heterocycles. The summed E-state index contributed by atoms with van der Waals surface area (Å²) in [5, 5.41) is 12.5. The van der Waals surface area contributed by atoms with Crippen LogP contribution in [0.5, 0.6) is 0 Å². The molecule has 0 atom stereocenters. The molecule has 0 aromatic heterocycles. The summed E-state index contributed by atoms with van der Waals surface area (Å²) in [6.45, 7) is 0.257. The Hall–Kier alpha value is -1.30. The first-order valence-corrected chi connectivity index (χ1v) is 6.50. The van der Waals surface area contributed by atoms with Crippen molar-refractivity contribution in [3.63, 3.8) is 0 Å². The lowest BCUT2D eigenvalue weighted by atomic mass is 10.2. The van der Waals surface area contributed by atoms with Crippen LogP contribution in [-0.4, -0.2) is 29.3 Å². The molecule has 0 bridgehead atoms. The number of halogens is 1. The summed E-state index contributed by atoms with van der Waals surface area (Å²) in [6, 6.07) is 7.22. The molecule has 1 amide bonds. The highest BCUT2D eigenvalue weighted by Crippen LogP contribution is 2.26. The number of carbonyl (C=O) groups excluding carboxylic acids is 1. The van der Waals surface area contributed by atoms with E-state index in [1.54, 1.807) is 18.2 Å². The average Bonchev–Trinajstić information content (AvgIpc) is 2.70. The Morgan fingerprint density at radius 2 is 2.11 bits per heavy atom. The van der Waals surface area contributed by atoms with Crippen molar-refractivity contribution in [3.8, 4) is 0 Å². The van der Waals surface area contributed by atoms with Gasteiger partial charge in [-0.3, -0.25) is 9.79 Å². The fourth-order valence-corrected chi connectivity index (χ4v) is 2.34. The molecule has 0 unspecified atom stereocenters. The van der Waals surface area contributed by atoms with Crippen LogP contribution in [0.3, 0.4) is 0 Å². The maximum atomic E-state index is 11.6. The second-order valence-corrected chi connectivity index (χ2v) is 4.99. The van der Waals surface area contributed by atoms with E-state index in [4.69, 9.17) is 16.7 Å². The van der Waals surface area contributed by atoms with Gasteiger partial charge in [-0.1, -0.05) is 23.7 Å². The van der Waals surface area contributed by atoms with Gasteiger partial charge in [0.2, 0.25) is 0 Å². The number of hydrogen-bond acceptors (Lipinski definition) is 4. The number of nitrogens with one attached hydrogen (secondary N) is 1. The number of aliphatic hydroxyl groups is 1. The smallest absolute Gasteiger partial charge is 0.264 e. The highest BCUT2D eigenvalue weighted by molar-refractivity contribution is 8.18. The van der Waals surface area contributed by atoms with Crippen LogP contribution < -0.4 is 5.32 Å². The van der Waals surface area contributed by atoms with Gasteiger partial charge in [0.15, 0.2) is 5.17 Å². The molecule has 6 heteroatoms. The van der Waals surface area contributed by atoms with Crippen molar-refractivity contribution < 1.29 is 9.90 Å². The SMILES string of the molecule is O=C1NC(=NCCO)S/C1=C\c1ccc(Cl)cc1. The van der Waals surface area contributed by atoms with E-state index in [1.807, 2.05) is 12.1 Å². The van der Waals surface area contributed by atoms with Crippen molar-refractivity contribution in [2.75, 3.05) is 13.2 Å². The van der Waals surface area contributed by atoms with Crippen LogP contribution in [0.4, 0.5) is 0 Å². The number of carbonyl (C=O) groups is 1. The van der Waals surface area contributed by atoms with E-state index in [1.165, 1.54) is 11.8 Å². The zero-order valence-electron chi connectivity index (χ0n) is 9.39. The molecule has 94 valence electrons. The molecule has 0 saturated carbocycles. The maximum Gasteiger partial charge on any atom is 0.264 e. The molecule has 0 spiro atoms. The minimum absolute atomic E-state index is 0.0316. The summed E-state index contributed by atoms with van der Waals surface area (Å²) in [4.78, 5) is 16.3. The summed E-state index contributed by atoms with van der Waals surface area (Å²) in [5.41, 5.74) is 0.903. The standard InChI is InChI=1S/C12H11ClN2O2S/c13-9-3-1-8(2-4-9)7-10-11(17)15-12(18-10)14-5-6-16/h1-4,7,16H,5-6H2,(H,14,15,17)/b10-7-. The predicted octanol–water partition coefficient (Wildman–Crippen LogP) is 1.89. The molecule has 1 fully saturated rings. The first-order valence-electron chi connectivity index (χ1n) is 5.31. The summed E-state index contributed by atoms with van der Waals surface area (Å²) >= 11 is 7.05. The largest absolute Gasteiger partial charge is 0.394 e. The van der Waals surface area contributed by atoms with E-state index >= 15 is 0 Å². The minimum atomic E-state index is -0.174. The van der Waals surface area contributed by atoms with Gasteiger partial charge in [0.25, 0.3) is 5.91 Å². The number of thioether (sulfide) groups is 1. The van der Waals surface area contributed by atoms with Gasteiger partial charge in [-0.2, -0.15) is 0 Å². The molecule has 0 radical (unpaired) electrons. The molecule has 1 aromatic carbocycles. The van der Waals surface area contributed by atoms with Crippen LogP contribution in [-0.2, 0) is 4.79 Å². The van der Waals surface area contributed by atoms with E-state index < -0.39 is 0 Å². The van der Waals surface area contributed by atoms with Crippen LogP contribution in [0.1, 0.15) is 5.56 Å². The number of aliphatic hydroxyl groups excluding tert-OH is 1. The van der Waals surface area contributed by atoms with E-state index in [-0.39, 0.29) is 19.1 Å². The van der Waals surface area contributed by atoms with E-state index in [0.717, 1.165) is 5.56 Å². The summed E-state index contributed by atoms with van der Waals surface area (Å²) in [5.74, 6) is -0.174. The van der Waals surface area contributed by atoms with Gasteiger partial charge in [-0.05, 0) is 35.5 Å². The molecule has 18 heavy (non-hydrogen) atoms. The molecule has 0 aliphatic carbocycles. The van der Waals surface area contributed by atoms with Gasteiger partial charge in [0.1, 0.15) is 0 Å². The first kappa shape index (κ1) is 13.1. The number of hydrogen-bond donors (Lipinski definition) is 2. The fraction of sp³-hybridized carbons (Fsp3) is 0.167. The second-order valence-electron chi connectivity index (χ2n) is 3.53. The summed E-state index contributed by atoms with van der Waals surface area (Å²) in [7, 11) is 0. The lowest BCUT2D eigenvalue weighted by Crippen LogP contribution is -2.20. The maximum absolute atomic E-state index is 11.6. The third kappa shape index (κ3) is 3.35. The Balaban J connectivity index is 2.14. The second kappa shape index (κ2) is 6.04. The van der Waals surface area contributed by atoms with Crippen molar-refractivity contribution in [2.45, 2.75) is 0 Å². The Labute approximate surface area is 114 Å². The molecular weight excluding hydrogens is 272 g/mol. The van der Waals surface area contributed by atoms with Gasteiger partial charge in [0, 0.05) is 5.02 Å². The Morgan fingerprint density at radius 3 is 2.78 bits per heavy atom. The minimum Gasteiger partial charge on any atom is -0.394 e. The number of aliphatic imine (C=N–C) groups is 1. The van der Waals surface area contributed by atoms with Crippen LogP contribution in [0.15, 0.2) is 34.2 Å². The van der Waals surface area contributed by atoms with Crippen molar-refractivity contribution in [2.24, 2.45) is 4.99 Å². The lowest BCUT2D eigenvalue weighted by molar-refractivity contribution is -0.115. The summed E-state index contributed by atoms with van der Waals surface area (Å²) < 4.78 is 0. The van der Waals surface area contributed by atoms with Gasteiger partial charge >= 0.3 is 0 Å². The van der Waals surface area contributed by atoms with Gasteiger partial charge in [0.05, 0.1) is 18.1 Å². The Morgan fingerprint density at radius 1 is 1.39 bits per heavy atom. The topological polar surface area (TPSA) is 61.7 Å². The number of amidine groups is 1. The first-order chi connectivity index (χ1) is 8.69. The quantitative estimate of drug-likeness (QED) is 0.833. The van der Waals surface area contributed by atoms with E-state index in [0.29, 0.717) is 15.1 Å². The van der Waals surface area contributed by atoms with E-state index in [2.05, 4.69) is 10.3 Å². The van der Waals surface area contributed by atoms with Crippen LogP contribution in [0.2, 0.25) is 5.02 Å². The molecule has 1 saturated heterocycles. The lowest BCUT2D eigenvalue weighted by Gasteiger charge is -1.95. The van der Waals surface area contributed by atoms with Crippen LogP contribution in [0, 0.1) is 0 Å². The van der Waals surface area contributed by atoms with Crippen LogP contribution >= 0.6 is 23.4 Å². The fourth-order valence-electron chi connectivity index (χ4n) is 1.36. The van der Waals surface area contributed by atoms with Gasteiger partial charge < -0.3 is 10.4 Å². The highest BCUT2D eigenvalue weighted by atomic mass is 35.5. The number of benzene rings is 1. The van der Waals surface area contributed by atoms with Crippen molar-refractivity contribution >= 4 is 40.5 Å². The number of rotatable bonds is 3. The highest BCUT2D eigenvalue weighted by Gasteiger charge is 2.23. The van der Waals surface area contributed by atoms with Gasteiger partial charge in [-0.25, -0.2) is 0 Å². The zero-order chi connectivity index (χ0) is 13.0. The zero-order valence-corrected chi connectivity index (χ0v) is 11.0. The van der Waals surface area contributed by atoms with Gasteiger partial charge in [-0.15, -0.1) is 0 Å². The van der Waals surface area contributed by atoms with Crippen molar-refractivity contribution in [3.05, 3.63) is 39.8 Å². The molecule has 1 heterocycles. The summed E-state index contributed by atoms with van der Waals surface area (Å²) in [6.07, 6.45) is 1.78. The van der Waals surface area contributed by atoms with Crippen molar-refractivity contribution in [1.82, 2.24) is 5.32 Å². The molecule has 1 aromatic rings. The molecule has 1 aliphatic rings.